The summed E-state index contributed by atoms with van der Waals surface area (Å²) >= 11 is 2.88. The van der Waals surface area contributed by atoms with E-state index in [-0.39, 0.29) is 11.5 Å². The van der Waals surface area contributed by atoms with Gasteiger partial charge in [0.1, 0.15) is 11.5 Å². The van der Waals surface area contributed by atoms with Gasteiger partial charge in [-0.05, 0) is 35.4 Å². The van der Waals surface area contributed by atoms with E-state index in [1.165, 1.54) is 22.7 Å². The molecule has 32 heavy (non-hydrogen) atoms. The molecule has 2 heterocycles. The Hall–Kier alpha value is -3.74. The number of rotatable bonds is 6. The molecular weight excluding hydrogens is 440 g/mol. The largest absolute Gasteiger partial charge is 0.508 e. The Labute approximate surface area is 192 Å². The Balaban J connectivity index is 1.61. The van der Waals surface area contributed by atoms with Crippen molar-refractivity contribution in [3.8, 4) is 33.1 Å². The number of phenolic OH excluding ortho intramolecular Hbond substituents is 1. The van der Waals surface area contributed by atoms with Crippen molar-refractivity contribution in [3.63, 3.8) is 0 Å². The second-order valence-corrected chi connectivity index (χ2v) is 9.08. The first kappa shape index (κ1) is 20.2. The minimum absolute atomic E-state index is 0.0423. The minimum atomic E-state index is -0.0423. The number of ether oxygens (including phenoxy) is 1. The van der Waals surface area contributed by atoms with Crippen LogP contribution in [0.3, 0.4) is 0 Å². The molecule has 0 bridgehead atoms. The zero-order chi connectivity index (χ0) is 22.1. The van der Waals surface area contributed by atoms with Crippen LogP contribution in [0.1, 0.15) is 15.2 Å². The minimum Gasteiger partial charge on any atom is -0.508 e. The number of fused-ring (bicyclic) bond motifs is 1. The Morgan fingerprint density at radius 1 is 0.906 bits per heavy atom. The fourth-order valence-electron chi connectivity index (χ4n) is 3.64. The van der Waals surface area contributed by atoms with Crippen molar-refractivity contribution < 1.29 is 19.4 Å². The van der Waals surface area contributed by atoms with Gasteiger partial charge in [0.2, 0.25) is 5.78 Å². The van der Waals surface area contributed by atoms with E-state index in [0.29, 0.717) is 22.7 Å². The highest BCUT2D eigenvalue weighted by molar-refractivity contribution is 7.21. The Kier molecular flexibility index (Phi) is 5.31. The number of ketones is 1. The van der Waals surface area contributed by atoms with Gasteiger partial charge < -0.3 is 9.84 Å². The predicted octanol–water partition coefficient (Wildman–Crippen LogP) is 6.77. The van der Waals surface area contributed by atoms with E-state index in [0.717, 1.165) is 31.7 Å². The third-order valence-electron chi connectivity index (χ3n) is 5.13. The summed E-state index contributed by atoms with van der Waals surface area (Å²) in [6, 6.07) is 24.2. The number of hydrogen-bond acceptors (Lipinski definition) is 6. The zero-order valence-electron chi connectivity index (χ0n) is 16.6. The fraction of sp³-hybridized carbons (Fsp3) is 0. The molecule has 156 valence electrons. The quantitative estimate of drug-likeness (QED) is 0.226. The van der Waals surface area contributed by atoms with Crippen molar-refractivity contribution in [1.82, 2.24) is 0 Å². The molecule has 0 amide bonds. The Morgan fingerprint density at radius 2 is 1.66 bits per heavy atom. The molecule has 0 unspecified atom stereocenters. The maximum Gasteiger partial charge on any atom is 0.298 e. The van der Waals surface area contributed by atoms with E-state index in [9.17, 15) is 14.7 Å². The Bertz CT molecular complexity index is 1430. The highest BCUT2D eigenvalue weighted by Gasteiger charge is 2.21. The van der Waals surface area contributed by atoms with Crippen LogP contribution in [0.2, 0.25) is 0 Å². The van der Waals surface area contributed by atoms with Gasteiger partial charge in [0.25, 0.3) is 6.47 Å². The lowest BCUT2D eigenvalue weighted by Gasteiger charge is -2.07. The molecule has 0 spiro atoms. The van der Waals surface area contributed by atoms with Crippen LogP contribution in [0.15, 0.2) is 84.2 Å². The first-order chi connectivity index (χ1) is 15.6. The lowest BCUT2D eigenvalue weighted by molar-refractivity contribution is -0.120. The molecular formula is C26H16O4S2. The third kappa shape index (κ3) is 3.70. The van der Waals surface area contributed by atoms with Crippen LogP contribution in [0.4, 0.5) is 0 Å². The second kappa shape index (κ2) is 8.42. The molecule has 0 aliphatic heterocycles. The molecule has 0 aliphatic rings. The molecule has 3 aromatic carbocycles. The first-order valence-corrected chi connectivity index (χ1v) is 11.5. The molecule has 6 heteroatoms. The number of carbonyl (C=O) groups excluding carboxylic acids is 2. The summed E-state index contributed by atoms with van der Waals surface area (Å²) in [7, 11) is 0. The average Bonchev–Trinajstić information content (AvgIpc) is 3.44. The molecule has 0 saturated carbocycles. The van der Waals surface area contributed by atoms with Gasteiger partial charge in [-0.3, -0.25) is 9.59 Å². The standard InChI is InChI=1S/C26H16O4S2/c27-15-30-20-13-22(31-14-20)16-6-8-17(9-7-16)24-21-11-10-19(28)12-23(21)32-26(24)25(29)18-4-2-1-3-5-18/h1-15,28H. The van der Waals surface area contributed by atoms with Gasteiger partial charge in [0, 0.05) is 31.5 Å². The molecule has 0 fully saturated rings. The van der Waals surface area contributed by atoms with E-state index in [4.69, 9.17) is 4.74 Å². The SMILES string of the molecule is O=COc1csc(-c2ccc(-c3c(C(=O)c4ccccc4)sc4cc(O)ccc34)cc2)c1. The normalized spacial score (nSPS) is 10.9. The summed E-state index contributed by atoms with van der Waals surface area (Å²) < 4.78 is 5.76. The lowest BCUT2D eigenvalue weighted by Crippen LogP contribution is -2.00. The number of phenols is 1. The van der Waals surface area contributed by atoms with Crippen LogP contribution in [-0.4, -0.2) is 17.4 Å². The van der Waals surface area contributed by atoms with Gasteiger partial charge in [-0.15, -0.1) is 22.7 Å². The van der Waals surface area contributed by atoms with Crippen LogP contribution >= 0.6 is 22.7 Å². The van der Waals surface area contributed by atoms with E-state index >= 15 is 0 Å². The van der Waals surface area contributed by atoms with Gasteiger partial charge >= 0.3 is 0 Å². The highest BCUT2D eigenvalue weighted by atomic mass is 32.1. The summed E-state index contributed by atoms with van der Waals surface area (Å²) in [5.74, 6) is 0.646. The summed E-state index contributed by atoms with van der Waals surface area (Å²) in [4.78, 5) is 25.5. The maximum absolute atomic E-state index is 13.4. The van der Waals surface area contributed by atoms with Crippen LogP contribution in [0, 0.1) is 0 Å². The van der Waals surface area contributed by atoms with Crippen LogP contribution in [-0.2, 0) is 4.79 Å². The molecule has 0 radical (unpaired) electrons. The highest BCUT2D eigenvalue weighted by Crippen LogP contribution is 2.42. The molecule has 4 nitrogen and oxygen atoms in total. The first-order valence-electron chi connectivity index (χ1n) is 9.79. The summed E-state index contributed by atoms with van der Waals surface area (Å²) in [6.07, 6.45) is 0. The van der Waals surface area contributed by atoms with Gasteiger partial charge in [-0.2, -0.15) is 0 Å². The molecule has 5 aromatic rings. The van der Waals surface area contributed by atoms with Crippen LogP contribution in [0.5, 0.6) is 11.5 Å². The van der Waals surface area contributed by atoms with Crippen molar-refractivity contribution in [2.24, 2.45) is 0 Å². The van der Waals surface area contributed by atoms with Gasteiger partial charge in [0.15, 0.2) is 0 Å². The number of benzene rings is 3. The summed E-state index contributed by atoms with van der Waals surface area (Å²) in [5, 5.41) is 12.7. The number of hydrogen-bond donors (Lipinski definition) is 1. The lowest BCUT2D eigenvalue weighted by atomic mass is 9.97. The zero-order valence-corrected chi connectivity index (χ0v) is 18.3. The van der Waals surface area contributed by atoms with Gasteiger partial charge in [0.05, 0.1) is 4.88 Å². The monoisotopic (exact) mass is 456 g/mol. The molecule has 0 saturated heterocycles. The summed E-state index contributed by atoms with van der Waals surface area (Å²) in [5.41, 5.74) is 3.41. The topological polar surface area (TPSA) is 63.6 Å². The van der Waals surface area contributed by atoms with E-state index in [1.807, 2.05) is 66.7 Å². The smallest absolute Gasteiger partial charge is 0.298 e. The number of thiophene rings is 2. The predicted molar refractivity (Wildman–Crippen MR) is 129 cm³/mol. The van der Waals surface area contributed by atoms with Crippen molar-refractivity contribution in [3.05, 3.63) is 94.7 Å². The second-order valence-electron chi connectivity index (χ2n) is 7.12. The van der Waals surface area contributed by atoms with Crippen molar-refractivity contribution >= 4 is 45.0 Å². The molecule has 0 aliphatic carbocycles. The summed E-state index contributed by atoms with van der Waals surface area (Å²) in [6.45, 7) is 0.416. The van der Waals surface area contributed by atoms with Crippen molar-refractivity contribution in [1.29, 1.82) is 0 Å². The molecule has 1 N–H and O–H groups in total. The van der Waals surface area contributed by atoms with Gasteiger partial charge in [-0.25, -0.2) is 0 Å². The van der Waals surface area contributed by atoms with Crippen LogP contribution in [0.25, 0.3) is 31.7 Å². The number of aromatic hydroxyl groups is 1. The van der Waals surface area contributed by atoms with Gasteiger partial charge in [-0.1, -0.05) is 54.6 Å². The van der Waals surface area contributed by atoms with E-state index < -0.39 is 0 Å². The van der Waals surface area contributed by atoms with Crippen LogP contribution < -0.4 is 4.74 Å². The van der Waals surface area contributed by atoms with E-state index in [2.05, 4.69) is 0 Å². The maximum atomic E-state index is 13.4. The van der Waals surface area contributed by atoms with Crippen molar-refractivity contribution in [2.75, 3.05) is 0 Å². The average molecular weight is 457 g/mol. The Morgan fingerprint density at radius 3 is 2.41 bits per heavy atom. The fourth-order valence-corrected chi connectivity index (χ4v) is 5.68. The molecule has 0 atom stereocenters. The van der Waals surface area contributed by atoms with Crippen molar-refractivity contribution in [2.45, 2.75) is 0 Å². The third-order valence-corrected chi connectivity index (χ3v) is 7.24. The molecule has 5 rings (SSSR count). The number of carbonyl (C=O) groups is 2. The van der Waals surface area contributed by atoms with E-state index in [1.54, 1.807) is 17.5 Å². The molecule has 2 aromatic heterocycles.